The zero-order chi connectivity index (χ0) is 19.8. The highest BCUT2D eigenvalue weighted by Crippen LogP contribution is 2.52. The number of anilines is 1. The summed E-state index contributed by atoms with van der Waals surface area (Å²) in [5.74, 6) is -0.834. The molecule has 1 saturated heterocycles. The Hall–Kier alpha value is -2.37. The molecule has 1 aliphatic heterocycles. The van der Waals surface area contributed by atoms with Gasteiger partial charge in [0.05, 0.1) is 5.56 Å². The normalized spacial score (nSPS) is 25.8. The van der Waals surface area contributed by atoms with Gasteiger partial charge in [0.15, 0.2) is 6.61 Å². The summed E-state index contributed by atoms with van der Waals surface area (Å²) in [6.07, 6.45) is 3.13. The topological polar surface area (TPSA) is 75.7 Å². The SMILES string of the molecule is CC(=O)Nc1ccc(C(=O)OCC(=O)N2C[C@@]3(C)C[C@H]2CC(C)(C)C3)cc1. The van der Waals surface area contributed by atoms with Crippen molar-refractivity contribution in [2.24, 2.45) is 10.8 Å². The number of benzene rings is 1. The third-order valence-corrected chi connectivity index (χ3v) is 5.50. The van der Waals surface area contributed by atoms with Crippen LogP contribution in [-0.4, -0.2) is 41.9 Å². The average Bonchev–Trinajstić information content (AvgIpc) is 2.81. The van der Waals surface area contributed by atoms with Gasteiger partial charge in [0.2, 0.25) is 5.91 Å². The fourth-order valence-electron chi connectivity index (χ4n) is 4.94. The summed E-state index contributed by atoms with van der Waals surface area (Å²) in [5, 5.41) is 2.64. The molecule has 146 valence electrons. The van der Waals surface area contributed by atoms with Crippen molar-refractivity contribution in [3.8, 4) is 0 Å². The second-order valence-corrected chi connectivity index (χ2v) is 9.07. The first kappa shape index (κ1) is 19.4. The molecule has 3 rings (SSSR count). The number of hydrogen-bond donors (Lipinski definition) is 1. The molecule has 1 saturated carbocycles. The van der Waals surface area contributed by atoms with E-state index in [0.29, 0.717) is 11.3 Å². The predicted octanol–water partition coefficient (Wildman–Crippen LogP) is 3.23. The third kappa shape index (κ3) is 4.49. The molecule has 1 aliphatic carbocycles. The van der Waals surface area contributed by atoms with Crippen LogP contribution in [0.4, 0.5) is 5.69 Å². The number of carbonyl (C=O) groups excluding carboxylic acids is 3. The van der Waals surface area contributed by atoms with Gasteiger partial charge in [0.1, 0.15) is 0 Å². The van der Waals surface area contributed by atoms with Gasteiger partial charge in [-0.15, -0.1) is 0 Å². The minimum absolute atomic E-state index is 0.121. The summed E-state index contributed by atoms with van der Waals surface area (Å²) in [5.41, 5.74) is 1.35. The van der Waals surface area contributed by atoms with Crippen LogP contribution in [0.3, 0.4) is 0 Å². The Kier molecular flexibility index (Phi) is 5.02. The van der Waals surface area contributed by atoms with E-state index in [1.165, 1.54) is 6.92 Å². The van der Waals surface area contributed by atoms with Gasteiger partial charge in [-0.2, -0.15) is 0 Å². The Bertz CT molecular complexity index is 756. The zero-order valence-corrected chi connectivity index (χ0v) is 16.5. The van der Waals surface area contributed by atoms with Crippen molar-refractivity contribution in [1.82, 2.24) is 4.90 Å². The number of likely N-dealkylation sites (tertiary alicyclic amines) is 1. The van der Waals surface area contributed by atoms with E-state index in [4.69, 9.17) is 4.74 Å². The van der Waals surface area contributed by atoms with Crippen molar-refractivity contribution in [3.05, 3.63) is 29.8 Å². The zero-order valence-electron chi connectivity index (χ0n) is 16.5. The van der Waals surface area contributed by atoms with Crippen molar-refractivity contribution in [2.75, 3.05) is 18.5 Å². The first-order valence-corrected chi connectivity index (χ1v) is 9.41. The first-order chi connectivity index (χ1) is 12.6. The summed E-state index contributed by atoms with van der Waals surface area (Å²) in [6.45, 7) is 8.69. The monoisotopic (exact) mass is 372 g/mol. The van der Waals surface area contributed by atoms with Crippen molar-refractivity contribution in [1.29, 1.82) is 0 Å². The van der Waals surface area contributed by atoms with Gasteiger partial charge in [-0.1, -0.05) is 20.8 Å². The number of fused-ring (bicyclic) bond motifs is 2. The molecule has 2 atom stereocenters. The Morgan fingerprint density at radius 1 is 1.15 bits per heavy atom. The number of amides is 2. The van der Waals surface area contributed by atoms with Gasteiger partial charge >= 0.3 is 5.97 Å². The van der Waals surface area contributed by atoms with E-state index < -0.39 is 5.97 Å². The summed E-state index contributed by atoms with van der Waals surface area (Å²) in [6, 6.07) is 6.65. The Labute approximate surface area is 160 Å². The van der Waals surface area contributed by atoms with Gasteiger partial charge in [-0.05, 0) is 54.4 Å². The fourth-order valence-corrected chi connectivity index (χ4v) is 4.94. The van der Waals surface area contributed by atoms with Crippen molar-refractivity contribution < 1.29 is 19.1 Å². The van der Waals surface area contributed by atoms with Crippen LogP contribution in [0.15, 0.2) is 24.3 Å². The van der Waals surface area contributed by atoms with E-state index in [2.05, 4.69) is 26.1 Å². The number of nitrogens with zero attached hydrogens (tertiary/aromatic N) is 1. The minimum atomic E-state index is -0.536. The summed E-state index contributed by atoms with van der Waals surface area (Å²) in [7, 11) is 0. The standard InChI is InChI=1S/C21H28N2O4/c1-14(24)22-16-7-5-15(6-8-16)19(26)27-11-18(25)23-13-21(4)10-17(23)9-20(2,3)12-21/h5-8,17H,9-13H2,1-4H3,(H,22,24)/t17-,21+/m1/s1. The quantitative estimate of drug-likeness (QED) is 0.824. The van der Waals surface area contributed by atoms with E-state index in [1.54, 1.807) is 24.3 Å². The molecular formula is C21H28N2O4. The number of ether oxygens (including phenoxy) is 1. The Morgan fingerprint density at radius 2 is 1.81 bits per heavy atom. The second-order valence-electron chi connectivity index (χ2n) is 9.07. The van der Waals surface area contributed by atoms with Gasteiger partial charge in [-0.3, -0.25) is 9.59 Å². The Balaban J connectivity index is 1.56. The maximum absolute atomic E-state index is 12.7. The minimum Gasteiger partial charge on any atom is -0.452 e. The van der Waals surface area contributed by atoms with Crippen LogP contribution in [0.25, 0.3) is 0 Å². The first-order valence-electron chi connectivity index (χ1n) is 9.41. The summed E-state index contributed by atoms with van der Waals surface area (Å²) < 4.78 is 5.24. The fraction of sp³-hybridized carbons (Fsp3) is 0.571. The molecule has 2 fully saturated rings. The average molecular weight is 372 g/mol. The molecule has 0 radical (unpaired) electrons. The van der Waals surface area contributed by atoms with Crippen LogP contribution in [0.5, 0.6) is 0 Å². The van der Waals surface area contributed by atoms with E-state index in [1.807, 2.05) is 4.90 Å². The highest BCUT2D eigenvalue weighted by molar-refractivity contribution is 5.93. The highest BCUT2D eigenvalue weighted by atomic mass is 16.5. The van der Waals surface area contributed by atoms with Crippen LogP contribution < -0.4 is 5.32 Å². The number of hydrogen-bond acceptors (Lipinski definition) is 4. The van der Waals surface area contributed by atoms with E-state index in [9.17, 15) is 14.4 Å². The van der Waals surface area contributed by atoms with Gasteiger partial charge in [0.25, 0.3) is 5.91 Å². The molecule has 27 heavy (non-hydrogen) atoms. The molecule has 6 nitrogen and oxygen atoms in total. The number of carbonyl (C=O) groups is 3. The second kappa shape index (κ2) is 6.98. The lowest BCUT2D eigenvalue weighted by Gasteiger charge is -2.39. The lowest BCUT2D eigenvalue weighted by atomic mass is 9.65. The van der Waals surface area contributed by atoms with Crippen LogP contribution in [0, 0.1) is 10.8 Å². The molecular weight excluding hydrogens is 344 g/mol. The van der Waals surface area contributed by atoms with E-state index in [0.717, 1.165) is 25.8 Å². The maximum atomic E-state index is 12.7. The van der Waals surface area contributed by atoms with Crippen molar-refractivity contribution in [3.63, 3.8) is 0 Å². The van der Waals surface area contributed by atoms with Crippen LogP contribution >= 0.6 is 0 Å². The van der Waals surface area contributed by atoms with Crippen LogP contribution in [-0.2, 0) is 14.3 Å². The highest BCUT2D eigenvalue weighted by Gasteiger charge is 2.50. The number of nitrogens with one attached hydrogen (secondary N) is 1. The lowest BCUT2D eigenvalue weighted by Crippen LogP contribution is -2.39. The molecule has 2 aliphatic rings. The molecule has 0 spiro atoms. The maximum Gasteiger partial charge on any atom is 0.338 e. The molecule has 0 unspecified atom stereocenters. The molecule has 1 aromatic rings. The lowest BCUT2D eigenvalue weighted by molar-refractivity contribution is -0.135. The summed E-state index contributed by atoms with van der Waals surface area (Å²) >= 11 is 0. The molecule has 1 N–H and O–H groups in total. The molecule has 2 bridgehead atoms. The smallest absolute Gasteiger partial charge is 0.338 e. The largest absolute Gasteiger partial charge is 0.452 e. The molecule has 1 aromatic carbocycles. The van der Waals surface area contributed by atoms with Gasteiger partial charge in [0, 0.05) is 25.2 Å². The number of rotatable bonds is 4. The van der Waals surface area contributed by atoms with Crippen molar-refractivity contribution >= 4 is 23.5 Å². The predicted molar refractivity (Wildman–Crippen MR) is 102 cm³/mol. The molecule has 6 heteroatoms. The Morgan fingerprint density at radius 3 is 2.44 bits per heavy atom. The number of esters is 1. The molecule has 1 heterocycles. The van der Waals surface area contributed by atoms with Crippen LogP contribution in [0.2, 0.25) is 0 Å². The van der Waals surface area contributed by atoms with E-state index in [-0.39, 0.29) is 35.3 Å². The van der Waals surface area contributed by atoms with Crippen molar-refractivity contribution in [2.45, 2.75) is 53.0 Å². The molecule has 2 amide bonds. The third-order valence-electron chi connectivity index (χ3n) is 5.50. The molecule has 0 aromatic heterocycles. The van der Waals surface area contributed by atoms with E-state index >= 15 is 0 Å². The van der Waals surface area contributed by atoms with Gasteiger partial charge in [-0.25, -0.2) is 4.79 Å². The summed E-state index contributed by atoms with van der Waals surface area (Å²) in [4.78, 5) is 37.8. The van der Waals surface area contributed by atoms with Gasteiger partial charge < -0.3 is 15.0 Å². The van der Waals surface area contributed by atoms with Crippen LogP contribution in [0.1, 0.15) is 57.3 Å².